The molecule has 0 radical (unpaired) electrons. The first-order chi connectivity index (χ1) is 17.6. The molecular formula is C28H27ClN2O5S. The van der Waals surface area contributed by atoms with Crippen molar-refractivity contribution < 1.29 is 23.9 Å². The van der Waals surface area contributed by atoms with Gasteiger partial charge in [-0.2, -0.15) is 0 Å². The van der Waals surface area contributed by atoms with Crippen molar-refractivity contribution in [3.63, 3.8) is 0 Å². The average molecular weight is 539 g/mol. The molecule has 1 aromatic heterocycles. The normalized spacial score (nSPS) is 14.6. The zero-order chi connectivity index (χ0) is 26.7. The van der Waals surface area contributed by atoms with Crippen LogP contribution < -0.4 is 4.74 Å². The number of esters is 1. The molecule has 0 bridgehead atoms. The molecule has 3 aromatic rings. The Kier molecular flexibility index (Phi) is 8.10. The highest BCUT2D eigenvalue weighted by molar-refractivity contribution is 8.18. The first kappa shape index (κ1) is 26.6. The van der Waals surface area contributed by atoms with Crippen molar-refractivity contribution in [3.8, 4) is 11.4 Å². The fraction of sp³-hybridized carbons (Fsp3) is 0.250. The van der Waals surface area contributed by atoms with Crippen molar-refractivity contribution in [2.75, 3.05) is 6.54 Å². The van der Waals surface area contributed by atoms with Crippen LogP contribution in [-0.2, 0) is 20.9 Å². The molecule has 2 amide bonds. The summed E-state index contributed by atoms with van der Waals surface area (Å²) in [5.74, 6) is -0.369. The van der Waals surface area contributed by atoms with Crippen molar-refractivity contribution >= 4 is 46.6 Å². The highest BCUT2D eigenvalue weighted by atomic mass is 35.5. The molecule has 0 saturated carbocycles. The van der Waals surface area contributed by atoms with E-state index in [2.05, 4.69) is 4.57 Å². The Labute approximate surface area is 225 Å². The third-order valence-corrected chi connectivity index (χ3v) is 6.86. The van der Waals surface area contributed by atoms with E-state index in [9.17, 15) is 14.4 Å². The van der Waals surface area contributed by atoms with Gasteiger partial charge in [0.25, 0.3) is 11.1 Å². The molecule has 0 spiro atoms. The van der Waals surface area contributed by atoms with Crippen LogP contribution in [0.5, 0.6) is 5.75 Å². The third kappa shape index (κ3) is 6.26. The first-order valence-corrected chi connectivity index (χ1v) is 12.9. The number of carbonyl (C=O) groups excluding carboxylic acids is 3. The number of nitrogens with zero attached hydrogens (tertiary/aromatic N) is 2. The molecule has 1 aliphatic heterocycles. The van der Waals surface area contributed by atoms with E-state index in [4.69, 9.17) is 21.1 Å². The Balaban J connectivity index is 1.48. The van der Waals surface area contributed by atoms with E-state index in [1.165, 1.54) is 0 Å². The molecular weight excluding hydrogens is 512 g/mol. The molecule has 9 heteroatoms. The number of hydrogen-bond donors (Lipinski definition) is 0. The van der Waals surface area contributed by atoms with Gasteiger partial charge in [0, 0.05) is 22.1 Å². The number of thioether (sulfide) groups is 1. The molecule has 0 aliphatic carbocycles. The van der Waals surface area contributed by atoms with Gasteiger partial charge >= 0.3 is 5.97 Å². The number of halogens is 1. The second kappa shape index (κ2) is 11.3. The van der Waals surface area contributed by atoms with Crippen molar-refractivity contribution in [1.82, 2.24) is 9.47 Å². The summed E-state index contributed by atoms with van der Waals surface area (Å²) in [6, 6.07) is 17.2. The maximum Gasteiger partial charge on any atom is 0.326 e. The van der Waals surface area contributed by atoms with Crippen LogP contribution in [0, 0.1) is 13.8 Å². The maximum absolute atomic E-state index is 12.8. The van der Waals surface area contributed by atoms with Gasteiger partial charge < -0.3 is 14.0 Å². The van der Waals surface area contributed by atoms with E-state index in [0.717, 1.165) is 50.6 Å². The predicted octanol–water partition coefficient (Wildman–Crippen LogP) is 6.31. The molecule has 192 valence electrons. The summed E-state index contributed by atoms with van der Waals surface area (Å²) < 4.78 is 13.0. The number of rotatable bonds is 8. The van der Waals surface area contributed by atoms with Gasteiger partial charge in [-0.1, -0.05) is 23.7 Å². The van der Waals surface area contributed by atoms with E-state index in [0.29, 0.717) is 11.6 Å². The van der Waals surface area contributed by atoms with Gasteiger partial charge in [-0.05, 0) is 99.1 Å². The van der Waals surface area contributed by atoms with Gasteiger partial charge in [0.15, 0.2) is 0 Å². The van der Waals surface area contributed by atoms with Gasteiger partial charge in [-0.15, -0.1) is 0 Å². The number of hydrogen-bond acceptors (Lipinski definition) is 6. The molecule has 0 unspecified atom stereocenters. The maximum atomic E-state index is 12.8. The van der Waals surface area contributed by atoms with Gasteiger partial charge in [0.05, 0.1) is 11.0 Å². The molecule has 1 fully saturated rings. The van der Waals surface area contributed by atoms with Gasteiger partial charge in [0.2, 0.25) is 0 Å². The zero-order valence-electron chi connectivity index (χ0n) is 21.0. The summed E-state index contributed by atoms with van der Waals surface area (Å²) in [6.07, 6.45) is 1.37. The molecule has 1 aliphatic rings. The Morgan fingerprint density at radius 1 is 1.05 bits per heavy atom. The minimum absolute atomic E-state index is 0.272. The summed E-state index contributed by atoms with van der Waals surface area (Å²) in [5.41, 5.74) is 4.67. The second-order valence-electron chi connectivity index (χ2n) is 8.88. The molecule has 0 atom stereocenters. The number of carbonyl (C=O) groups is 3. The molecule has 0 N–H and O–H groups in total. The van der Waals surface area contributed by atoms with E-state index < -0.39 is 23.7 Å². The Hall–Kier alpha value is -3.49. The van der Waals surface area contributed by atoms with Crippen LogP contribution in [-0.4, -0.2) is 39.2 Å². The Morgan fingerprint density at radius 3 is 2.38 bits per heavy atom. The first-order valence-electron chi connectivity index (χ1n) is 11.7. The van der Waals surface area contributed by atoms with Crippen molar-refractivity contribution in [1.29, 1.82) is 0 Å². The van der Waals surface area contributed by atoms with E-state index in [-0.39, 0.29) is 11.0 Å². The predicted molar refractivity (Wildman–Crippen MR) is 145 cm³/mol. The number of ether oxygens (including phenoxy) is 2. The lowest BCUT2D eigenvalue weighted by atomic mass is 10.2. The van der Waals surface area contributed by atoms with Crippen LogP contribution >= 0.6 is 23.4 Å². The van der Waals surface area contributed by atoms with Crippen LogP contribution in [0.3, 0.4) is 0 Å². The number of amides is 2. The number of imide groups is 1. The van der Waals surface area contributed by atoms with Crippen LogP contribution in [0.1, 0.15) is 36.4 Å². The minimum atomic E-state index is -0.614. The van der Waals surface area contributed by atoms with E-state index in [1.54, 1.807) is 19.9 Å². The fourth-order valence-corrected chi connectivity index (χ4v) is 4.93. The quantitative estimate of drug-likeness (QED) is 0.247. The van der Waals surface area contributed by atoms with Gasteiger partial charge in [-0.25, -0.2) is 0 Å². The molecule has 4 rings (SSSR count). The highest BCUT2D eigenvalue weighted by Gasteiger charge is 2.37. The lowest BCUT2D eigenvalue weighted by Gasteiger charge is -2.13. The van der Waals surface area contributed by atoms with Crippen LogP contribution in [0.25, 0.3) is 11.8 Å². The largest absolute Gasteiger partial charge is 0.489 e. The fourth-order valence-electron chi connectivity index (χ4n) is 3.98. The monoisotopic (exact) mass is 538 g/mol. The summed E-state index contributed by atoms with van der Waals surface area (Å²) in [7, 11) is 0. The van der Waals surface area contributed by atoms with Crippen molar-refractivity contribution in [2.24, 2.45) is 0 Å². The van der Waals surface area contributed by atoms with Crippen molar-refractivity contribution in [3.05, 3.63) is 87.0 Å². The Morgan fingerprint density at radius 2 is 1.73 bits per heavy atom. The lowest BCUT2D eigenvalue weighted by molar-refractivity contribution is -0.149. The number of aryl methyl sites for hydroxylation is 1. The molecule has 7 nitrogen and oxygen atoms in total. The molecule has 2 heterocycles. The number of aromatic nitrogens is 1. The Bertz CT molecular complexity index is 1360. The van der Waals surface area contributed by atoms with Crippen molar-refractivity contribution in [2.45, 2.75) is 40.4 Å². The van der Waals surface area contributed by atoms with E-state index >= 15 is 0 Å². The molecule has 37 heavy (non-hydrogen) atoms. The van der Waals surface area contributed by atoms with Crippen LogP contribution in [0.4, 0.5) is 4.79 Å². The van der Waals surface area contributed by atoms with E-state index in [1.807, 2.05) is 68.4 Å². The number of benzene rings is 2. The standard InChI is InChI=1S/C28H27ClN2O5S/c1-17(2)36-26(32)15-30-27(33)25(37-28(30)34)14-21-13-18(3)31(19(21)4)23-9-11-24(12-10-23)35-16-20-5-7-22(29)8-6-20/h5-14,17H,15-16H2,1-4H3/b25-14+. The summed E-state index contributed by atoms with van der Waals surface area (Å²) >= 11 is 6.75. The van der Waals surface area contributed by atoms with Crippen LogP contribution in [0.15, 0.2) is 59.5 Å². The topological polar surface area (TPSA) is 77.8 Å². The summed E-state index contributed by atoms with van der Waals surface area (Å²) in [4.78, 5) is 38.3. The van der Waals surface area contributed by atoms with Gasteiger partial charge in [0.1, 0.15) is 18.9 Å². The summed E-state index contributed by atoms with van der Waals surface area (Å²) in [6.45, 7) is 7.39. The minimum Gasteiger partial charge on any atom is -0.489 e. The van der Waals surface area contributed by atoms with Gasteiger partial charge in [-0.3, -0.25) is 19.3 Å². The SMILES string of the molecule is Cc1cc(/C=C2/SC(=O)N(CC(=O)OC(C)C)C2=O)c(C)n1-c1ccc(OCc2ccc(Cl)cc2)cc1. The lowest BCUT2D eigenvalue weighted by Crippen LogP contribution is -2.35. The summed E-state index contributed by atoms with van der Waals surface area (Å²) in [5, 5.41) is 0.201. The molecule has 2 aromatic carbocycles. The smallest absolute Gasteiger partial charge is 0.326 e. The highest BCUT2D eigenvalue weighted by Crippen LogP contribution is 2.34. The average Bonchev–Trinajstić information content (AvgIpc) is 3.27. The second-order valence-corrected chi connectivity index (χ2v) is 10.3. The van der Waals surface area contributed by atoms with Crippen LogP contribution in [0.2, 0.25) is 5.02 Å². The third-order valence-electron chi connectivity index (χ3n) is 5.70. The molecule has 1 saturated heterocycles. The zero-order valence-corrected chi connectivity index (χ0v) is 22.6.